The van der Waals surface area contributed by atoms with E-state index in [1.807, 2.05) is 0 Å². The van der Waals surface area contributed by atoms with E-state index in [0.717, 1.165) is 5.56 Å². The molecule has 1 aromatic carbocycles. The highest BCUT2D eigenvalue weighted by Gasteiger charge is 2.48. The van der Waals surface area contributed by atoms with Crippen molar-refractivity contribution in [3.05, 3.63) is 35.4 Å². The molecule has 11 heteroatoms. The number of carbonyl (C=O) groups is 4. The van der Waals surface area contributed by atoms with E-state index >= 15 is 0 Å². The van der Waals surface area contributed by atoms with Crippen LogP contribution in [-0.4, -0.2) is 82.7 Å². The molecule has 3 amide bonds. The van der Waals surface area contributed by atoms with Crippen molar-refractivity contribution in [2.75, 3.05) is 26.2 Å². The number of likely N-dealkylation sites (tertiary alicyclic amines) is 1. The van der Waals surface area contributed by atoms with Crippen molar-refractivity contribution < 1.29 is 33.4 Å². The molecule has 2 heterocycles. The van der Waals surface area contributed by atoms with Crippen LogP contribution in [0.2, 0.25) is 0 Å². The number of amides is 3. The van der Waals surface area contributed by atoms with Crippen molar-refractivity contribution >= 4 is 29.9 Å². The third-order valence-electron chi connectivity index (χ3n) is 6.03. The summed E-state index contributed by atoms with van der Waals surface area (Å²) >= 11 is 0. The Morgan fingerprint density at radius 3 is 2.13 bits per heavy atom. The van der Waals surface area contributed by atoms with E-state index < -0.39 is 35.0 Å². The Morgan fingerprint density at radius 1 is 1.00 bits per heavy atom. The normalized spacial score (nSPS) is 17.2. The van der Waals surface area contributed by atoms with Crippen molar-refractivity contribution in [2.24, 2.45) is 0 Å². The van der Waals surface area contributed by atoms with Crippen LogP contribution in [0.3, 0.4) is 0 Å². The van der Waals surface area contributed by atoms with E-state index in [-0.39, 0.29) is 31.3 Å². The van der Waals surface area contributed by atoms with Gasteiger partial charge in [-0.3, -0.25) is 25.2 Å². The summed E-state index contributed by atoms with van der Waals surface area (Å²) in [6.07, 6.45) is -0.0818. The van der Waals surface area contributed by atoms with Gasteiger partial charge in [0.1, 0.15) is 29.2 Å². The summed E-state index contributed by atoms with van der Waals surface area (Å²) < 4.78 is 16.1. The highest BCUT2D eigenvalue weighted by atomic mass is 16.6. The van der Waals surface area contributed by atoms with E-state index in [0.29, 0.717) is 31.5 Å². The maximum absolute atomic E-state index is 12.9. The number of ether oxygens (including phenoxy) is 3. The molecule has 1 spiro atoms. The number of rotatable bonds is 5. The number of piperidine rings is 1. The van der Waals surface area contributed by atoms with Crippen LogP contribution in [0.5, 0.6) is 0 Å². The van der Waals surface area contributed by atoms with Crippen molar-refractivity contribution in [3.63, 3.8) is 0 Å². The fraction of sp³-hybridized carbons (Fsp3) is 0.593. The predicted molar refractivity (Wildman–Crippen MR) is 139 cm³/mol. The second kappa shape index (κ2) is 11.0. The average Bonchev–Trinajstić information content (AvgIpc) is 3.05. The summed E-state index contributed by atoms with van der Waals surface area (Å²) in [6.45, 7) is 11.5. The molecule has 2 aliphatic rings. The third kappa shape index (κ3) is 8.19. The van der Waals surface area contributed by atoms with E-state index in [9.17, 15) is 19.2 Å². The molecule has 0 radical (unpaired) electrons. The Hall–Kier alpha value is -3.63. The molecule has 2 saturated heterocycles. The number of esters is 1. The molecule has 2 fully saturated rings. The second-order valence-corrected chi connectivity index (χ2v) is 11.7. The lowest BCUT2D eigenvalue weighted by Crippen LogP contribution is -2.49. The van der Waals surface area contributed by atoms with Crippen LogP contribution in [0.1, 0.15) is 65.5 Å². The molecule has 0 saturated carbocycles. The molecular formula is C27H38N4O7. The van der Waals surface area contributed by atoms with Gasteiger partial charge >= 0.3 is 18.2 Å². The average molecular weight is 531 g/mol. The van der Waals surface area contributed by atoms with Crippen molar-refractivity contribution in [2.45, 2.75) is 77.6 Å². The second-order valence-electron chi connectivity index (χ2n) is 11.7. The van der Waals surface area contributed by atoms with Gasteiger partial charge in [-0.1, -0.05) is 24.3 Å². The van der Waals surface area contributed by atoms with Crippen LogP contribution in [0.25, 0.3) is 0 Å². The van der Waals surface area contributed by atoms with Gasteiger partial charge in [-0.25, -0.2) is 9.59 Å². The molecule has 11 nitrogen and oxygen atoms in total. The number of alkyl carbamates (subject to hydrolysis) is 1. The van der Waals surface area contributed by atoms with Crippen LogP contribution in [0, 0.1) is 5.41 Å². The van der Waals surface area contributed by atoms with E-state index in [1.165, 1.54) is 4.90 Å². The summed E-state index contributed by atoms with van der Waals surface area (Å²) in [5, 5.41) is 10.5. The van der Waals surface area contributed by atoms with E-state index in [1.54, 1.807) is 70.7 Å². The number of amidine groups is 1. The molecule has 0 bridgehead atoms. The van der Waals surface area contributed by atoms with Gasteiger partial charge < -0.3 is 19.1 Å². The van der Waals surface area contributed by atoms with E-state index in [2.05, 4.69) is 5.32 Å². The Kier molecular flexibility index (Phi) is 8.38. The minimum absolute atomic E-state index is 0.0514. The van der Waals surface area contributed by atoms with Crippen LogP contribution >= 0.6 is 0 Å². The third-order valence-corrected chi connectivity index (χ3v) is 6.03. The minimum atomic E-state index is -0.709. The summed E-state index contributed by atoms with van der Waals surface area (Å²) in [4.78, 5) is 52.4. The molecule has 2 aliphatic heterocycles. The zero-order chi connectivity index (χ0) is 28.3. The molecule has 0 unspecified atom stereocenters. The molecule has 0 aliphatic carbocycles. The topological polar surface area (TPSA) is 138 Å². The summed E-state index contributed by atoms with van der Waals surface area (Å²) in [5.41, 5.74) is -0.741. The van der Waals surface area contributed by atoms with Gasteiger partial charge in [-0.15, -0.1) is 0 Å². The number of hydrogen-bond donors (Lipinski definition) is 2. The van der Waals surface area contributed by atoms with Crippen molar-refractivity contribution in [1.82, 2.24) is 15.1 Å². The SMILES string of the molecule is CC(C)(C)OC(=O)CN1CC2(CCN(C(=O)Cc3ccc(C(=N)NC(=O)OC(C)(C)C)cc3)CC2)OC1=O. The van der Waals surface area contributed by atoms with Gasteiger partial charge in [-0.2, -0.15) is 0 Å². The lowest BCUT2D eigenvalue weighted by atomic mass is 9.91. The van der Waals surface area contributed by atoms with Crippen LogP contribution in [0.4, 0.5) is 9.59 Å². The lowest BCUT2D eigenvalue weighted by Gasteiger charge is -2.37. The predicted octanol–water partition coefficient (Wildman–Crippen LogP) is 3.23. The zero-order valence-corrected chi connectivity index (χ0v) is 23.0. The standard InChI is InChI=1S/C27H38N4O7/c1-25(2,3)36-21(33)16-31-17-27(38-24(31)35)11-13-30(14-12-27)20(32)15-18-7-9-19(10-8-18)22(28)29-23(34)37-26(4,5)6/h7-10H,11-17H2,1-6H3,(H2,28,29,34). The van der Waals surface area contributed by atoms with E-state index in [4.69, 9.17) is 19.6 Å². The zero-order valence-electron chi connectivity index (χ0n) is 23.0. The van der Waals surface area contributed by atoms with Crippen molar-refractivity contribution in [3.8, 4) is 0 Å². The van der Waals surface area contributed by atoms with Gasteiger partial charge in [0, 0.05) is 31.5 Å². The largest absolute Gasteiger partial charge is 0.459 e. The summed E-state index contributed by atoms with van der Waals surface area (Å²) in [6, 6.07) is 6.84. The molecular weight excluding hydrogens is 492 g/mol. The Bertz CT molecular complexity index is 1080. The van der Waals surface area contributed by atoms with Crippen molar-refractivity contribution in [1.29, 1.82) is 5.41 Å². The smallest absolute Gasteiger partial charge is 0.413 e. The molecule has 208 valence electrons. The minimum Gasteiger partial charge on any atom is -0.459 e. The number of carbonyl (C=O) groups excluding carboxylic acids is 4. The first-order chi connectivity index (χ1) is 17.5. The van der Waals surface area contributed by atoms with Gasteiger partial charge in [0.2, 0.25) is 5.91 Å². The molecule has 0 atom stereocenters. The quantitative estimate of drug-likeness (QED) is 0.258. The molecule has 3 rings (SSSR count). The van der Waals surface area contributed by atoms with Gasteiger partial charge in [0.05, 0.1) is 13.0 Å². The molecule has 0 aromatic heterocycles. The van der Waals surface area contributed by atoms with Crippen LogP contribution < -0.4 is 5.32 Å². The van der Waals surface area contributed by atoms with Gasteiger partial charge in [0.25, 0.3) is 0 Å². The van der Waals surface area contributed by atoms with Crippen LogP contribution in [-0.2, 0) is 30.2 Å². The first kappa shape index (κ1) is 28.9. The van der Waals surface area contributed by atoms with Gasteiger partial charge in [0.15, 0.2) is 0 Å². The monoisotopic (exact) mass is 530 g/mol. The maximum Gasteiger partial charge on any atom is 0.413 e. The fourth-order valence-corrected chi connectivity index (χ4v) is 4.32. The highest BCUT2D eigenvalue weighted by Crippen LogP contribution is 2.33. The number of nitrogens with zero attached hydrogens (tertiary/aromatic N) is 2. The number of benzene rings is 1. The highest BCUT2D eigenvalue weighted by molar-refractivity contribution is 6.04. The summed E-state index contributed by atoms with van der Waals surface area (Å²) in [5.74, 6) is -0.629. The summed E-state index contributed by atoms with van der Waals surface area (Å²) in [7, 11) is 0. The van der Waals surface area contributed by atoms with Crippen LogP contribution in [0.15, 0.2) is 24.3 Å². The first-order valence-corrected chi connectivity index (χ1v) is 12.7. The number of hydrogen-bond acceptors (Lipinski definition) is 8. The number of nitrogens with one attached hydrogen (secondary N) is 2. The Morgan fingerprint density at radius 2 is 1.58 bits per heavy atom. The molecule has 38 heavy (non-hydrogen) atoms. The lowest BCUT2D eigenvalue weighted by molar-refractivity contribution is -0.155. The van der Waals surface area contributed by atoms with Gasteiger partial charge in [-0.05, 0) is 47.1 Å². The first-order valence-electron chi connectivity index (χ1n) is 12.7. The molecule has 2 N–H and O–H groups in total. The Labute approximate surface area is 223 Å². The fourth-order valence-electron chi connectivity index (χ4n) is 4.32. The Balaban J connectivity index is 1.48. The molecule has 1 aromatic rings. The maximum atomic E-state index is 12.9.